The van der Waals surface area contributed by atoms with Gasteiger partial charge in [-0.1, -0.05) is 6.92 Å². The number of carbonyl (C=O) groups excluding carboxylic acids is 1. The molecule has 0 aromatic carbocycles. The maximum atomic E-state index is 11.8. The van der Waals surface area contributed by atoms with Crippen molar-refractivity contribution in [2.75, 3.05) is 23.7 Å². The Hall–Kier alpha value is -1.85. The lowest BCUT2D eigenvalue weighted by atomic mass is 10.2. The van der Waals surface area contributed by atoms with E-state index >= 15 is 0 Å². The summed E-state index contributed by atoms with van der Waals surface area (Å²) in [4.78, 5) is 20.5. The Morgan fingerprint density at radius 3 is 2.45 bits per heavy atom. The third-order valence-corrected chi connectivity index (χ3v) is 2.90. The number of likely N-dealkylation sites (N-methyl/N-ethyl adjacent to an activating group) is 1. The van der Waals surface area contributed by atoms with Gasteiger partial charge in [-0.05, 0) is 34.1 Å². The largest absolute Gasteiger partial charge is 0.370 e. The zero-order valence-corrected chi connectivity index (χ0v) is 13.0. The van der Waals surface area contributed by atoms with Crippen LogP contribution in [0, 0.1) is 13.8 Å². The van der Waals surface area contributed by atoms with Crippen LogP contribution in [-0.2, 0) is 4.79 Å². The highest BCUT2D eigenvalue weighted by atomic mass is 16.2. The molecule has 0 saturated heterocycles. The fourth-order valence-electron chi connectivity index (χ4n) is 1.78. The number of aryl methyl sites for hydroxylation is 1. The molecule has 3 N–H and O–H groups in total. The van der Waals surface area contributed by atoms with Crippen LogP contribution in [-0.4, -0.2) is 35.0 Å². The number of carbonyl (C=O) groups is 1. The zero-order chi connectivity index (χ0) is 15.1. The van der Waals surface area contributed by atoms with Crippen molar-refractivity contribution in [2.45, 2.75) is 47.1 Å². The Bertz CT molecular complexity index is 461. The molecule has 1 heterocycles. The molecule has 0 spiro atoms. The van der Waals surface area contributed by atoms with Crippen molar-refractivity contribution in [3.8, 4) is 0 Å². The van der Waals surface area contributed by atoms with E-state index in [1.807, 2.05) is 27.7 Å². The Morgan fingerprint density at radius 2 is 1.85 bits per heavy atom. The van der Waals surface area contributed by atoms with Crippen molar-refractivity contribution in [1.29, 1.82) is 0 Å². The van der Waals surface area contributed by atoms with E-state index in [9.17, 15) is 4.79 Å². The third-order valence-electron chi connectivity index (χ3n) is 2.90. The van der Waals surface area contributed by atoms with Crippen molar-refractivity contribution in [3.63, 3.8) is 0 Å². The van der Waals surface area contributed by atoms with Crippen LogP contribution in [0.4, 0.5) is 11.6 Å². The van der Waals surface area contributed by atoms with Crippen LogP contribution in [0.3, 0.4) is 0 Å². The number of aromatic nitrogens is 2. The summed E-state index contributed by atoms with van der Waals surface area (Å²) in [6.45, 7) is 11.1. The minimum atomic E-state index is -0.332. The van der Waals surface area contributed by atoms with Crippen molar-refractivity contribution in [2.24, 2.45) is 0 Å². The first kappa shape index (κ1) is 16.2. The van der Waals surface area contributed by atoms with Gasteiger partial charge in [-0.25, -0.2) is 9.97 Å². The molecule has 1 rings (SSSR count). The van der Waals surface area contributed by atoms with Gasteiger partial charge in [0.05, 0.1) is 0 Å². The van der Waals surface area contributed by atoms with Crippen LogP contribution < -0.4 is 16.0 Å². The summed E-state index contributed by atoms with van der Waals surface area (Å²) in [5.41, 5.74) is 0.931. The zero-order valence-electron chi connectivity index (χ0n) is 13.0. The van der Waals surface area contributed by atoms with Gasteiger partial charge in [-0.3, -0.25) is 4.79 Å². The van der Waals surface area contributed by atoms with E-state index in [0.29, 0.717) is 18.2 Å². The van der Waals surface area contributed by atoms with E-state index in [0.717, 1.165) is 24.3 Å². The minimum Gasteiger partial charge on any atom is -0.370 e. The van der Waals surface area contributed by atoms with E-state index in [-0.39, 0.29) is 11.9 Å². The monoisotopic (exact) mass is 279 g/mol. The van der Waals surface area contributed by atoms with E-state index in [2.05, 4.69) is 32.8 Å². The van der Waals surface area contributed by atoms with Gasteiger partial charge in [0, 0.05) is 18.7 Å². The number of nitrogens with one attached hydrogen (secondary N) is 3. The summed E-state index contributed by atoms with van der Waals surface area (Å²) in [5, 5.41) is 9.22. The molecule has 1 aromatic rings. The van der Waals surface area contributed by atoms with Crippen LogP contribution >= 0.6 is 0 Å². The van der Waals surface area contributed by atoms with E-state index in [4.69, 9.17) is 0 Å². The summed E-state index contributed by atoms with van der Waals surface area (Å²) >= 11 is 0. The standard InChI is InChI=1S/C14H25N5O/c1-6-8-16-12-9(3)13(19-11(5)18-12)17-10(4)14(20)15-7-2/h10H,6-8H2,1-5H3,(H,15,20)(H2,16,17,18,19). The molecular formula is C14H25N5O. The predicted octanol–water partition coefficient (Wildman–Crippen LogP) is 1.85. The van der Waals surface area contributed by atoms with E-state index < -0.39 is 0 Å². The number of hydrogen-bond acceptors (Lipinski definition) is 5. The lowest BCUT2D eigenvalue weighted by Crippen LogP contribution is -2.37. The van der Waals surface area contributed by atoms with Crippen LogP contribution in [0.1, 0.15) is 38.6 Å². The van der Waals surface area contributed by atoms with Crippen LogP contribution in [0.2, 0.25) is 0 Å². The molecule has 0 saturated carbocycles. The molecule has 112 valence electrons. The Morgan fingerprint density at radius 1 is 1.20 bits per heavy atom. The second-order valence-corrected chi connectivity index (χ2v) is 4.78. The van der Waals surface area contributed by atoms with Gasteiger partial charge in [-0.2, -0.15) is 0 Å². The highest BCUT2D eigenvalue weighted by Gasteiger charge is 2.15. The van der Waals surface area contributed by atoms with Gasteiger partial charge in [0.2, 0.25) is 5.91 Å². The lowest BCUT2D eigenvalue weighted by Gasteiger charge is -2.18. The fourth-order valence-corrected chi connectivity index (χ4v) is 1.78. The van der Waals surface area contributed by atoms with E-state index in [1.165, 1.54) is 0 Å². The first-order valence-electron chi connectivity index (χ1n) is 7.12. The highest BCUT2D eigenvalue weighted by Crippen LogP contribution is 2.20. The van der Waals surface area contributed by atoms with Crippen LogP contribution in [0.5, 0.6) is 0 Å². The summed E-state index contributed by atoms with van der Waals surface area (Å²) in [6, 6.07) is -0.332. The molecule has 1 unspecified atom stereocenters. The number of nitrogens with zero attached hydrogens (tertiary/aromatic N) is 2. The number of anilines is 2. The Labute approximate surface area is 120 Å². The smallest absolute Gasteiger partial charge is 0.242 e. The van der Waals surface area contributed by atoms with E-state index in [1.54, 1.807) is 0 Å². The fraction of sp³-hybridized carbons (Fsp3) is 0.643. The third kappa shape index (κ3) is 4.36. The maximum absolute atomic E-state index is 11.8. The molecule has 6 nitrogen and oxygen atoms in total. The number of amides is 1. The first-order chi connectivity index (χ1) is 9.49. The minimum absolute atomic E-state index is 0.0359. The van der Waals surface area contributed by atoms with Gasteiger partial charge in [0.25, 0.3) is 0 Å². The van der Waals surface area contributed by atoms with Gasteiger partial charge in [0.15, 0.2) is 0 Å². The maximum Gasteiger partial charge on any atom is 0.242 e. The second-order valence-electron chi connectivity index (χ2n) is 4.78. The topological polar surface area (TPSA) is 78.9 Å². The summed E-state index contributed by atoms with van der Waals surface area (Å²) in [7, 11) is 0. The molecule has 0 aliphatic heterocycles. The van der Waals surface area contributed by atoms with Gasteiger partial charge >= 0.3 is 0 Å². The average Bonchev–Trinajstić information content (AvgIpc) is 2.41. The molecule has 6 heteroatoms. The predicted molar refractivity (Wildman–Crippen MR) is 82.1 cm³/mol. The average molecular weight is 279 g/mol. The van der Waals surface area contributed by atoms with Crippen LogP contribution in [0.15, 0.2) is 0 Å². The van der Waals surface area contributed by atoms with Crippen molar-refractivity contribution >= 4 is 17.5 Å². The summed E-state index contributed by atoms with van der Waals surface area (Å²) < 4.78 is 0. The number of rotatable bonds is 7. The molecule has 0 aliphatic carbocycles. The molecule has 20 heavy (non-hydrogen) atoms. The Balaban J connectivity index is 2.89. The molecule has 1 amide bonds. The van der Waals surface area contributed by atoms with Crippen molar-refractivity contribution in [3.05, 3.63) is 11.4 Å². The molecule has 0 radical (unpaired) electrons. The molecular weight excluding hydrogens is 254 g/mol. The van der Waals surface area contributed by atoms with Crippen LogP contribution in [0.25, 0.3) is 0 Å². The Kier molecular flexibility index (Phi) is 6.21. The van der Waals surface area contributed by atoms with Gasteiger partial charge in [0.1, 0.15) is 23.5 Å². The lowest BCUT2D eigenvalue weighted by molar-refractivity contribution is -0.121. The molecule has 1 aromatic heterocycles. The number of hydrogen-bond donors (Lipinski definition) is 3. The van der Waals surface area contributed by atoms with Crippen molar-refractivity contribution < 1.29 is 4.79 Å². The molecule has 0 bridgehead atoms. The first-order valence-corrected chi connectivity index (χ1v) is 7.12. The van der Waals surface area contributed by atoms with Crippen molar-refractivity contribution in [1.82, 2.24) is 15.3 Å². The summed E-state index contributed by atoms with van der Waals surface area (Å²) in [6.07, 6.45) is 1.03. The normalized spacial score (nSPS) is 11.8. The highest BCUT2D eigenvalue weighted by molar-refractivity contribution is 5.84. The van der Waals surface area contributed by atoms with Gasteiger partial charge in [-0.15, -0.1) is 0 Å². The molecule has 1 atom stereocenters. The quantitative estimate of drug-likeness (QED) is 0.710. The summed E-state index contributed by atoms with van der Waals surface area (Å²) in [5.74, 6) is 2.17. The molecule has 0 aliphatic rings. The molecule has 0 fully saturated rings. The SMILES string of the molecule is CCCNc1nc(C)nc(NC(C)C(=O)NCC)c1C. The second kappa shape index (κ2) is 7.67. The van der Waals surface area contributed by atoms with Gasteiger partial charge < -0.3 is 16.0 Å².